The summed E-state index contributed by atoms with van der Waals surface area (Å²) in [7, 11) is 8.55. The van der Waals surface area contributed by atoms with Crippen molar-refractivity contribution < 1.29 is 17.1 Å². The first-order valence-corrected chi connectivity index (χ1v) is 19.9. The fourth-order valence-corrected chi connectivity index (χ4v) is 9.17. The standard InChI is InChI=1S/C44H52N12.Mn/c1-9-53-25-21-49(5)41(53)37-29-13-15-31(45-29)38(42-50(6)22-26-54(42)10-2)33-17-19-35(47-33)40(44-52(8)24-28-56(44)12-4)36-20-18-34(48-36)39(32-16-14-30(37)46-32)43-51(7)23-27-55(43)11-3;/h13-28,41-44H,9-12H2,1-8H3;/q-2;+2. The Bertz CT molecular complexity index is 2070. The number of hydrogen-bond donors (Lipinski definition) is 0. The molecule has 0 spiro atoms. The van der Waals surface area contributed by atoms with E-state index in [9.17, 15) is 0 Å². The van der Waals surface area contributed by atoms with Crippen LogP contribution in [0.3, 0.4) is 0 Å². The van der Waals surface area contributed by atoms with Crippen LogP contribution in [-0.2, 0) is 17.1 Å². The summed E-state index contributed by atoms with van der Waals surface area (Å²) in [6.45, 7) is 12.2. The van der Waals surface area contributed by atoms with E-state index < -0.39 is 0 Å². The quantitative estimate of drug-likeness (QED) is 0.154. The van der Waals surface area contributed by atoms with Gasteiger partial charge in [0.25, 0.3) is 0 Å². The Hall–Kier alpha value is -5.52. The second-order valence-electron chi connectivity index (χ2n) is 15.2. The third-order valence-corrected chi connectivity index (χ3v) is 12.0. The largest absolute Gasteiger partial charge is 2.00 e. The Labute approximate surface area is 346 Å². The van der Waals surface area contributed by atoms with Crippen molar-refractivity contribution in [2.75, 3.05) is 54.4 Å². The van der Waals surface area contributed by atoms with Crippen LogP contribution in [0.1, 0.15) is 97.4 Å². The van der Waals surface area contributed by atoms with E-state index in [4.69, 9.17) is 19.9 Å². The smallest absolute Gasteiger partial charge is 0.657 e. The van der Waals surface area contributed by atoms with Crippen molar-refractivity contribution in [2.45, 2.75) is 52.4 Å². The molecule has 295 valence electrons. The first kappa shape index (κ1) is 38.4. The van der Waals surface area contributed by atoms with Crippen LogP contribution in [0.25, 0.3) is 46.4 Å². The van der Waals surface area contributed by atoms with Gasteiger partial charge in [-0.25, -0.2) is 9.97 Å². The van der Waals surface area contributed by atoms with E-state index >= 15 is 0 Å². The van der Waals surface area contributed by atoms with Crippen LogP contribution in [0.5, 0.6) is 0 Å². The van der Waals surface area contributed by atoms with Gasteiger partial charge in [0.1, 0.15) is 24.7 Å². The van der Waals surface area contributed by atoms with Gasteiger partial charge in [0.2, 0.25) is 0 Å². The predicted octanol–water partition coefficient (Wildman–Crippen LogP) is 6.86. The molecule has 0 N–H and O–H groups in total. The molecule has 9 rings (SSSR count). The zero-order valence-electron chi connectivity index (χ0n) is 34.1. The fraction of sp³-hybridized carbons (Fsp3) is 0.364. The topological polar surface area (TPSA) is 79.9 Å². The van der Waals surface area contributed by atoms with Gasteiger partial charge in [-0.2, -0.15) is 0 Å². The molecule has 0 fully saturated rings. The van der Waals surface area contributed by atoms with Crippen LogP contribution in [-0.4, -0.2) is 104 Å². The van der Waals surface area contributed by atoms with E-state index in [-0.39, 0.29) is 41.7 Å². The molecule has 13 heteroatoms. The molecule has 8 bridgehead atoms. The van der Waals surface area contributed by atoms with Crippen LogP contribution >= 0.6 is 0 Å². The number of fused-ring (bicyclic) bond motifs is 8. The Morgan fingerprint density at radius 1 is 0.404 bits per heavy atom. The Morgan fingerprint density at radius 2 is 0.632 bits per heavy atom. The first-order chi connectivity index (χ1) is 27.2. The molecular weight excluding hydrogens is 752 g/mol. The molecule has 57 heavy (non-hydrogen) atoms. The van der Waals surface area contributed by atoms with Gasteiger partial charge in [0, 0.05) is 126 Å². The number of nitrogens with zero attached hydrogens (tertiary/aromatic N) is 12. The fourth-order valence-electron chi connectivity index (χ4n) is 9.17. The minimum Gasteiger partial charge on any atom is -0.657 e. The molecule has 6 aliphatic rings. The van der Waals surface area contributed by atoms with Gasteiger partial charge in [-0.3, -0.25) is 0 Å². The van der Waals surface area contributed by atoms with Crippen LogP contribution in [0.15, 0.2) is 73.9 Å². The van der Waals surface area contributed by atoms with E-state index in [0.29, 0.717) is 0 Å². The molecule has 0 saturated heterocycles. The maximum atomic E-state index is 5.55. The minimum atomic E-state index is -0.0785. The van der Waals surface area contributed by atoms with Crippen molar-refractivity contribution in [3.8, 4) is 0 Å². The van der Waals surface area contributed by atoms with Crippen molar-refractivity contribution in [1.82, 2.24) is 59.1 Å². The van der Waals surface area contributed by atoms with Crippen LogP contribution in [0.2, 0.25) is 0 Å². The normalized spacial score (nSPS) is 22.2. The zero-order chi connectivity index (χ0) is 38.8. The molecule has 9 heterocycles. The second kappa shape index (κ2) is 15.1. The molecular formula is C44H52MnN12. The van der Waals surface area contributed by atoms with Gasteiger partial charge in [0.15, 0.2) is 0 Å². The van der Waals surface area contributed by atoms with Crippen molar-refractivity contribution in [1.29, 1.82) is 0 Å². The summed E-state index contributed by atoms with van der Waals surface area (Å²) in [5.41, 5.74) is 11.5. The summed E-state index contributed by atoms with van der Waals surface area (Å²) in [5, 5.41) is 0. The van der Waals surface area contributed by atoms with E-state index in [1.165, 1.54) is 0 Å². The zero-order valence-corrected chi connectivity index (χ0v) is 35.3. The summed E-state index contributed by atoms with van der Waals surface area (Å²) in [6.07, 6.45) is 25.7. The van der Waals surface area contributed by atoms with Crippen LogP contribution in [0, 0.1) is 0 Å². The van der Waals surface area contributed by atoms with Crippen molar-refractivity contribution in [2.24, 2.45) is 0 Å². The molecule has 12 nitrogen and oxygen atoms in total. The van der Waals surface area contributed by atoms with Gasteiger partial charge in [0.05, 0.1) is 22.8 Å². The molecule has 3 aromatic heterocycles. The minimum absolute atomic E-state index is 0. The monoisotopic (exact) mass is 803 g/mol. The van der Waals surface area contributed by atoms with E-state index in [2.05, 4.69) is 193 Å². The third kappa shape index (κ3) is 6.19. The number of hydrogen-bond acceptors (Lipinski definition) is 10. The van der Waals surface area contributed by atoms with E-state index in [1.807, 2.05) is 0 Å². The summed E-state index contributed by atoms with van der Waals surface area (Å²) in [6, 6.07) is 8.72. The Balaban J connectivity index is 0.00000455. The van der Waals surface area contributed by atoms with Crippen LogP contribution in [0.4, 0.5) is 0 Å². The molecule has 0 amide bonds. The Kier molecular flexibility index (Phi) is 10.2. The third-order valence-electron chi connectivity index (χ3n) is 12.0. The summed E-state index contributed by atoms with van der Waals surface area (Å²) in [4.78, 5) is 40.7. The molecule has 4 unspecified atom stereocenters. The molecule has 3 aromatic rings. The van der Waals surface area contributed by atoms with E-state index in [1.54, 1.807) is 0 Å². The molecule has 0 saturated carbocycles. The van der Waals surface area contributed by atoms with E-state index in [0.717, 1.165) is 93.3 Å². The first-order valence-electron chi connectivity index (χ1n) is 19.9. The average Bonchev–Trinajstić information content (AvgIpc) is 4.06. The number of aromatic nitrogens is 4. The number of rotatable bonds is 8. The summed E-state index contributed by atoms with van der Waals surface area (Å²) in [5.74, 6) is 0. The van der Waals surface area contributed by atoms with Crippen LogP contribution < -0.4 is 9.97 Å². The van der Waals surface area contributed by atoms with Gasteiger partial charge in [-0.1, -0.05) is 24.3 Å². The molecule has 0 aliphatic carbocycles. The molecule has 6 aliphatic heterocycles. The van der Waals surface area contributed by atoms with Gasteiger partial charge < -0.3 is 49.2 Å². The summed E-state index contributed by atoms with van der Waals surface area (Å²) >= 11 is 0. The molecule has 1 radical (unpaired) electrons. The summed E-state index contributed by atoms with van der Waals surface area (Å²) < 4.78 is 0. The van der Waals surface area contributed by atoms with Gasteiger partial charge in [-0.15, -0.1) is 22.1 Å². The van der Waals surface area contributed by atoms with Gasteiger partial charge in [-0.05, 0) is 52.0 Å². The maximum Gasteiger partial charge on any atom is 2.00 e. The van der Waals surface area contributed by atoms with Crippen molar-refractivity contribution in [3.63, 3.8) is 0 Å². The van der Waals surface area contributed by atoms with Gasteiger partial charge >= 0.3 is 17.1 Å². The average molecular weight is 804 g/mol. The molecule has 4 atom stereocenters. The second-order valence-corrected chi connectivity index (χ2v) is 15.2. The predicted molar refractivity (Wildman–Crippen MR) is 225 cm³/mol. The molecule has 0 aromatic carbocycles. The Morgan fingerprint density at radius 3 is 0.842 bits per heavy atom. The maximum absolute atomic E-state index is 5.55. The SMILES string of the molecule is CCN1C=CN(C)C1c1c2nc(c(C3N(C)C=CN3CC)c3ccc([n-]3)c(C3N(C)C=CN3CC)c3nc(c(C4N(C)C=CN4CC)c4ccc1[n-]4)C=C3)C=C2.[Mn+2]. The van der Waals surface area contributed by atoms with Crippen molar-refractivity contribution >= 4 is 46.4 Å². The van der Waals surface area contributed by atoms with Crippen molar-refractivity contribution in [3.05, 3.63) is 119 Å².